The molecule has 3 fully saturated rings. The maximum Gasteiger partial charge on any atom is 0.251 e. The SMILES string of the molecule is O=c1cc(N2C[C@@H]3C[C@H]2CO3)cc(N2CCCCCC2Cc2ccccc2)[nH]1. The van der Waals surface area contributed by atoms with Crippen LogP contribution in [0.3, 0.4) is 0 Å². The number of rotatable bonds is 4. The van der Waals surface area contributed by atoms with Gasteiger partial charge in [-0.15, -0.1) is 0 Å². The number of hydrogen-bond donors (Lipinski definition) is 1. The highest BCUT2D eigenvalue weighted by atomic mass is 16.5. The summed E-state index contributed by atoms with van der Waals surface area (Å²) in [5, 5.41) is 0. The number of pyridine rings is 1. The summed E-state index contributed by atoms with van der Waals surface area (Å²) in [6.45, 7) is 2.69. The van der Waals surface area contributed by atoms with Crippen LogP contribution in [0.15, 0.2) is 47.3 Å². The molecule has 0 amide bonds. The summed E-state index contributed by atoms with van der Waals surface area (Å²) in [4.78, 5) is 20.5. The molecule has 2 bridgehead atoms. The van der Waals surface area contributed by atoms with E-state index in [0.717, 1.165) is 44.0 Å². The van der Waals surface area contributed by atoms with Crippen LogP contribution in [0.4, 0.5) is 11.5 Å². The molecular weight excluding hydrogens is 350 g/mol. The van der Waals surface area contributed by atoms with E-state index >= 15 is 0 Å². The van der Waals surface area contributed by atoms with Crippen molar-refractivity contribution in [2.24, 2.45) is 0 Å². The van der Waals surface area contributed by atoms with E-state index in [4.69, 9.17) is 4.74 Å². The first-order valence-electron chi connectivity index (χ1n) is 10.7. The normalized spacial score (nSPS) is 27.2. The molecule has 3 atom stereocenters. The first-order chi connectivity index (χ1) is 13.8. The number of benzene rings is 1. The number of nitrogens with zero attached hydrogens (tertiary/aromatic N) is 2. The van der Waals surface area contributed by atoms with Crippen LogP contribution >= 0.6 is 0 Å². The number of hydrogen-bond acceptors (Lipinski definition) is 4. The van der Waals surface area contributed by atoms with Crippen LogP contribution in [0.2, 0.25) is 0 Å². The zero-order chi connectivity index (χ0) is 18.9. The Labute approximate surface area is 166 Å². The Morgan fingerprint density at radius 2 is 1.96 bits per heavy atom. The molecule has 0 saturated carbocycles. The second-order valence-electron chi connectivity index (χ2n) is 8.47. The van der Waals surface area contributed by atoms with Gasteiger partial charge in [0.2, 0.25) is 0 Å². The Bertz CT molecular complexity index is 866. The molecule has 28 heavy (non-hydrogen) atoms. The van der Waals surface area contributed by atoms with Gasteiger partial charge in [0.25, 0.3) is 5.56 Å². The number of aromatic amines is 1. The minimum Gasteiger partial charge on any atom is -0.374 e. The van der Waals surface area contributed by atoms with Crippen molar-refractivity contribution >= 4 is 11.5 Å². The van der Waals surface area contributed by atoms with Gasteiger partial charge >= 0.3 is 0 Å². The average Bonchev–Trinajstić information content (AvgIpc) is 3.27. The lowest BCUT2D eigenvalue weighted by Crippen LogP contribution is -2.40. The fourth-order valence-electron chi connectivity index (χ4n) is 5.14. The lowest BCUT2D eigenvalue weighted by Gasteiger charge is -2.34. The fraction of sp³-hybridized carbons (Fsp3) is 0.522. The second kappa shape index (κ2) is 7.63. The van der Waals surface area contributed by atoms with Crippen molar-refractivity contribution in [3.63, 3.8) is 0 Å². The van der Waals surface area contributed by atoms with E-state index in [0.29, 0.717) is 18.2 Å². The summed E-state index contributed by atoms with van der Waals surface area (Å²) in [6.07, 6.45) is 7.31. The van der Waals surface area contributed by atoms with Gasteiger partial charge in [-0.25, -0.2) is 0 Å². The molecule has 5 heteroatoms. The van der Waals surface area contributed by atoms with Crippen molar-refractivity contribution in [2.45, 2.75) is 56.7 Å². The molecule has 1 N–H and O–H groups in total. The van der Waals surface area contributed by atoms with E-state index in [-0.39, 0.29) is 5.56 Å². The molecule has 4 heterocycles. The van der Waals surface area contributed by atoms with Gasteiger partial charge in [-0.05, 0) is 31.2 Å². The van der Waals surface area contributed by atoms with Crippen LogP contribution in [0.5, 0.6) is 0 Å². The zero-order valence-corrected chi connectivity index (χ0v) is 16.3. The van der Waals surface area contributed by atoms with Crippen molar-refractivity contribution in [3.05, 3.63) is 58.4 Å². The van der Waals surface area contributed by atoms with Crippen molar-refractivity contribution in [1.82, 2.24) is 4.98 Å². The first-order valence-corrected chi connectivity index (χ1v) is 10.7. The fourth-order valence-corrected chi connectivity index (χ4v) is 5.14. The smallest absolute Gasteiger partial charge is 0.251 e. The third-order valence-electron chi connectivity index (χ3n) is 6.55. The Morgan fingerprint density at radius 3 is 2.75 bits per heavy atom. The highest BCUT2D eigenvalue weighted by Crippen LogP contribution is 2.34. The molecule has 148 valence electrons. The summed E-state index contributed by atoms with van der Waals surface area (Å²) in [6, 6.07) is 15.5. The number of nitrogens with one attached hydrogen (secondary N) is 1. The Morgan fingerprint density at radius 1 is 1.07 bits per heavy atom. The Kier molecular flexibility index (Phi) is 4.85. The molecule has 1 aromatic heterocycles. The summed E-state index contributed by atoms with van der Waals surface area (Å²) in [5.74, 6) is 0.981. The van der Waals surface area contributed by atoms with Gasteiger partial charge in [0.1, 0.15) is 5.82 Å². The number of morpholine rings is 1. The van der Waals surface area contributed by atoms with Gasteiger partial charge < -0.3 is 19.5 Å². The predicted molar refractivity (Wildman–Crippen MR) is 112 cm³/mol. The quantitative estimate of drug-likeness (QED) is 0.885. The highest BCUT2D eigenvalue weighted by Gasteiger charge is 2.39. The van der Waals surface area contributed by atoms with Crippen molar-refractivity contribution in [2.75, 3.05) is 29.5 Å². The average molecular weight is 380 g/mol. The molecule has 1 unspecified atom stereocenters. The Hall–Kier alpha value is -2.27. The van der Waals surface area contributed by atoms with Crippen LogP contribution < -0.4 is 15.4 Å². The van der Waals surface area contributed by atoms with E-state index in [1.165, 1.54) is 31.2 Å². The topological polar surface area (TPSA) is 48.6 Å². The number of aromatic nitrogens is 1. The third-order valence-corrected chi connectivity index (χ3v) is 6.55. The lowest BCUT2D eigenvalue weighted by atomic mass is 10.0. The lowest BCUT2D eigenvalue weighted by molar-refractivity contribution is 0.0991. The van der Waals surface area contributed by atoms with Gasteiger partial charge in [0.05, 0.1) is 18.8 Å². The number of fused-ring (bicyclic) bond motifs is 2. The maximum atomic E-state index is 12.5. The summed E-state index contributed by atoms with van der Waals surface area (Å²) < 4.78 is 5.74. The van der Waals surface area contributed by atoms with Crippen molar-refractivity contribution in [1.29, 1.82) is 0 Å². The molecule has 1 aromatic carbocycles. The van der Waals surface area contributed by atoms with E-state index in [2.05, 4.69) is 51.2 Å². The molecule has 0 radical (unpaired) electrons. The zero-order valence-electron chi connectivity index (χ0n) is 16.3. The largest absolute Gasteiger partial charge is 0.374 e. The molecule has 0 spiro atoms. The van der Waals surface area contributed by atoms with Crippen LogP contribution in [-0.4, -0.2) is 42.9 Å². The number of H-pyrrole nitrogens is 1. The summed E-state index contributed by atoms with van der Waals surface area (Å²) >= 11 is 0. The second-order valence-corrected chi connectivity index (χ2v) is 8.47. The van der Waals surface area contributed by atoms with Gasteiger partial charge in [-0.3, -0.25) is 4.79 Å². The molecule has 0 aliphatic carbocycles. The molecule has 5 rings (SSSR count). The third kappa shape index (κ3) is 3.55. The minimum atomic E-state index is -0.00102. The van der Waals surface area contributed by atoms with Gasteiger partial charge in [-0.2, -0.15) is 0 Å². The minimum absolute atomic E-state index is 0.00102. The number of ether oxygens (including phenoxy) is 1. The van der Waals surface area contributed by atoms with Crippen molar-refractivity contribution < 1.29 is 4.74 Å². The van der Waals surface area contributed by atoms with Crippen LogP contribution in [0.1, 0.15) is 37.7 Å². The van der Waals surface area contributed by atoms with Crippen LogP contribution in [0.25, 0.3) is 0 Å². The molecule has 3 aliphatic heterocycles. The maximum absolute atomic E-state index is 12.5. The Balaban J connectivity index is 1.44. The van der Waals surface area contributed by atoms with E-state index in [9.17, 15) is 4.79 Å². The molecule has 3 aliphatic rings. The van der Waals surface area contributed by atoms with Gasteiger partial charge in [0, 0.05) is 37.0 Å². The molecular formula is C23H29N3O2. The van der Waals surface area contributed by atoms with Gasteiger partial charge in [-0.1, -0.05) is 43.2 Å². The summed E-state index contributed by atoms with van der Waals surface area (Å²) in [7, 11) is 0. The van der Waals surface area contributed by atoms with E-state index in [1.807, 2.05) is 0 Å². The summed E-state index contributed by atoms with van der Waals surface area (Å²) in [5.41, 5.74) is 2.42. The molecule has 3 saturated heterocycles. The van der Waals surface area contributed by atoms with Crippen LogP contribution in [0, 0.1) is 0 Å². The monoisotopic (exact) mass is 379 g/mol. The van der Waals surface area contributed by atoms with Crippen LogP contribution in [-0.2, 0) is 11.2 Å². The highest BCUT2D eigenvalue weighted by molar-refractivity contribution is 5.57. The predicted octanol–water partition coefficient (Wildman–Crippen LogP) is 3.34. The van der Waals surface area contributed by atoms with Gasteiger partial charge in [0.15, 0.2) is 0 Å². The first kappa shape index (κ1) is 17.8. The van der Waals surface area contributed by atoms with Crippen molar-refractivity contribution in [3.8, 4) is 0 Å². The van der Waals surface area contributed by atoms with E-state index < -0.39 is 0 Å². The number of anilines is 2. The van der Waals surface area contributed by atoms with E-state index in [1.54, 1.807) is 6.07 Å². The molecule has 5 nitrogen and oxygen atoms in total. The molecule has 2 aromatic rings. The standard InChI is InChI=1S/C23H29N3O2/c27-23-14-19(26-15-21-12-20(26)16-28-21)13-22(24-23)25-10-6-2-5-9-18(25)11-17-7-3-1-4-8-17/h1,3-4,7-8,13-14,18,20-21H,2,5-6,9-12,15-16H2,(H,24,27)/t18?,20-,21-/m0/s1.